The van der Waals surface area contributed by atoms with Crippen LogP contribution in [0.1, 0.15) is 42.3 Å². The fraction of sp³-hybridized carbons (Fsp3) is 0.364. The van der Waals surface area contributed by atoms with Gasteiger partial charge >= 0.3 is 0 Å². The Morgan fingerprint density at radius 1 is 1.14 bits per heavy atom. The van der Waals surface area contributed by atoms with Crippen molar-refractivity contribution < 1.29 is 14.3 Å². The summed E-state index contributed by atoms with van der Waals surface area (Å²) < 4.78 is 12.0. The molecule has 2 aliphatic heterocycles. The van der Waals surface area contributed by atoms with Crippen LogP contribution >= 0.6 is 11.3 Å². The average molecular weight is 394 g/mol. The van der Waals surface area contributed by atoms with Crippen LogP contribution in [0.4, 0.5) is 0 Å². The number of aryl methyl sites for hydroxylation is 1. The number of thiazole rings is 1. The number of carbonyl (C=O) groups excluding carboxylic acids is 1. The lowest BCUT2D eigenvalue weighted by Gasteiger charge is -2.34. The summed E-state index contributed by atoms with van der Waals surface area (Å²) in [6.45, 7) is 1.09. The van der Waals surface area contributed by atoms with E-state index in [0.717, 1.165) is 53.4 Å². The molecule has 2 aliphatic rings. The van der Waals surface area contributed by atoms with Crippen LogP contribution in [-0.4, -0.2) is 29.1 Å². The van der Waals surface area contributed by atoms with Gasteiger partial charge < -0.3 is 14.4 Å². The highest BCUT2D eigenvalue weighted by molar-refractivity contribution is 7.18. The third-order valence-corrected chi connectivity index (χ3v) is 6.62. The molecule has 1 fully saturated rings. The lowest BCUT2D eigenvalue weighted by Crippen LogP contribution is -2.38. The van der Waals surface area contributed by atoms with Gasteiger partial charge in [0.05, 0.1) is 16.3 Å². The molecule has 0 aliphatic carbocycles. The molecule has 5 nitrogen and oxygen atoms in total. The second-order valence-electron chi connectivity index (χ2n) is 7.31. The van der Waals surface area contributed by atoms with Gasteiger partial charge in [0, 0.05) is 13.0 Å². The van der Waals surface area contributed by atoms with E-state index in [1.165, 1.54) is 4.70 Å². The number of fused-ring (bicyclic) bond motifs is 2. The predicted molar refractivity (Wildman–Crippen MR) is 109 cm³/mol. The summed E-state index contributed by atoms with van der Waals surface area (Å²) >= 11 is 1.72. The van der Waals surface area contributed by atoms with E-state index in [9.17, 15) is 4.79 Å². The minimum Gasteiger partial charge on any atom is -0.454 e. The molecule has 0 N–H and O–H groups in total. The van der Waals surface area contributed by atoms with Gasteiger partial charge in [0.15, 0.2) is 11.5 Å². The number of nitrogens with zero attached hydrogens (tertiary/aromatic N) is 2. The molecule has 3 aromatic rings. The van der Waals surface area contributed by atoms with E-state index < -0.39 is 0 Å². The first kappa shape index (κ1) is 17.5. The molecule has 1 aromatic heterocycles. The number of carbonyl (C=O) groups is 1. The molecule has 0 saturated carbocycles. The summed E-state index contributed by atoms with van der Waals surface area (Å²) in [5.74, 6) is 1.76. The van der Waals surface area contributed by atoms with E-state index in [4.69, 9.17) is 14.5 Å². The second kappa shape index (κ2) is 7.43. The van der Waals surface area contributed by atoms with Crippen molar-refractivity contribution in [2.24, 2.45) is 0 Å². The number of para-hydroxylation sites is 1. The monoisotopic (exact) mass is 394 g/mol. The Bertz CT molecular complexity index is 983. The highest BCUT2D eigenvalue weighted by atomic mass is 32.1. The normalized spacial score (nSPS) is 18.6. The molecule has 5 rings (SSSR count). The molecule has 28 heavy (non-hydrogen) atoms. The lowest BCUT2D eigenvalue weighted by atomic mass is 10.0. The standard InChI is InChI=1S/C22H22N2O3S/c25-21(11-9-15-8-10-18-19(13-15)27-14-26-18)24-12-4-3-6-17(24)22-23-16-5-1-2-7-20(16)28-22/h1-2,5,7-8,10,13,17H,3-4,6,9,11-12,14H2. The zero-order valence-corrected chi connectivity index (χ0v) is 16.4. The van der Waals surface area contributed by atoms with Crippen molar-refractivity contribution in [2.75, 3.05) is 13.3 Å². The van der Waals surface area contributed by atoms with Crippen LogP contribution in [0.3, 0.4) is 0 Å². The van der Waals surface area contributed by atoms with Gasteiger partial charge in [-0.05, 0) is 55.5 Å². The van der Waals surface area contributed by atoms with Crippen LogP contribution in [0.5, 0.6) is 11.5 Å². The Labute approximate surface area is 167 Å². The number of hydrogen-bond donors (Lipinski definition) is 0. The number of hydrogen-bond acceptors (Lipinski definition) is 5. The first-order valence-corrected chi connectivity index (χ1v) is 10.6. The van der Waals surface area contributed by atoms with Crippen molar-refractivity contribution in [1.29, 1.82) is 0 Å². The van der Waals surface area contributed by atoms with Gasteiger partial charge in [-0.1, -0.05) is 18.2 Å². The van der Waals surface area contributed by atoms with Crippen molar-refractivity contribution >= 4 is 27.5 Å². The van der Waals surface area contributed by atoms with Crippen molar-refractivity contribution in [2.45, 2.75) is 38.1 Å². The van der Waals surface area contributed by atoms with Crippen LogP contribution in [0.25, 0.3) is 10.2 Å². The van der Waals surface area contributed by atoms with Gasteiger partial charge in [0.2, 0.25) is 12.7 Å². The third-order valence-electron chi connectivity index (χ3n) is 5.48. The minimum atomic E-state index is 0.107. The van der Waals surface area contributed by atoms with Crippen LogP contribution in [-0.2, 0) is 11.2 Å². The van der Waals surface area contributed by atoms with Crippen molar-refractivity contribution in [1.82, 2.24) is 9.88 Å². The van der Waals surface area contributed by atoms with E-state index in [1.807, 2.05) is 41.3 Å². The van der Waals surface area contributed by atoms with Gasteiger partial charge in [-0.25, -0.2) is 4.98 Å². The first-order chi connectivity index (χ1) is 13.8. The highest BCUT2D eigenvalue weighted by Gasteiger charge is 2.30. The Kier molecular flexibility index (Phi) is 4.64. The number of rotatable bonds is 4. The average Bonchev–Trinajstić information content (AvgIpc) is 3.38. The summed E-state index contributed by atoms with van der Waals surface area (Å²) in [6, 6.07) is 14.2. The Morgan fingerprint density at radius 2 is 2.04 bits per heavy atom. The van der Waals surface area contributed by atoms with Gasteiger partial charge in [0.25, 0.3) is 0 Å². The molecular weight excluding hydrogens is 372 g/mol. The van der Waals surface area contributed by atoms with Gasteiger partial charge in [-0.3, -0.25) is 4.79 Å². The molecule has 1 atom stereocenters. The summed E-state index contributed by atoms with van der Waals surface area (Å²) in [7, 11) is 0. The number of likely N-dealkylation sites (tertiary alicyclic amines) is 1. The molecule has 1 amide bonds. The summed E-state index contributed by atoms with van der Waals surface area (Å²) in [6.07, 6.45) is 4.42. The summed E-state index contributed by atoms with van der Waals surface area (Å²) in [5, 5.41) is 1.07. The number of ether oxygens (including phenoxy) is 2. The SMILES string of the molecule is O=C(CCc1ccc2c(c1)OCO2)N1CCCCC1c1nc2ccccc2s1. The van der Waals surface area contributed by atoms with Crippen molar-refractivity contribution in [3.8, 4) is 11.5 Å². The van der Waals surface area contributed by atoms with Crippen molar-refractivity contribution in [3.05, 3.63) is 53.0 Å². The molecule has 2 aromatic carbocycles. The van der Waals surface area contributed by atoms with Gasteiger partial charge in [-0.2, -0.15) is 0 Å². The van der Waals surface area contributed by atoms with E-state index >= 15 is 0 Å². The number of amides is 1. The molecule has 0 bridgehead atoms. The molecule has 1 unspecified atom stereocenters. The number of benzene rings is 2. The van der Waals surface area contributed by atoms with Crippen LogP contribution < -0.4 is 9.47 Å². The maximum absolute atomic E-state index is 13.1. The van der Waals surface area contributed by atoms with E-state index in [0.29, 0.717) is 12.8 Å². The fourth-order valence-electron chi connectivity index (χ4n) is 4.01. The molecule has 144 valence electrons. The van der Waals surface area contributed by atoms with Crippen LogP contribution in [0.2, 0.25) is 0 Å². The quantitative estimate of drug-likeness (QED) is 0.643. The second-order valence-corrected chi connectivity index (χ2v) is 8.37. The molecular formula is C22H22N2O3S. The Balaban J connectivity index is 1.30. The van der Waals surface area contributed by atoms with Crippen LogP contribution in [0.15, 0.2) is 42.5 Å². The molecule has 1 saturated heterocycles. The number of aromatic nitrogens is 1. The van der Waals surface area contributed by atoms with E-state index in [-0.39, 0.29) is 18.7 Å². The smallest absolute Gasteiger partial charge is 0.231 e. The van der Waals surface area contributed by atoms with E-state index in [2.05, 4.69) is 6.07 Å². The summed E-state index contributed by atoms with van der Waals surface area (Å²) in [5.41, 5.74) is 2.13. The molecule has 6 heteroatoms. The third kappa shape index (κ3) is 3.33. The molecule has 0 radical (unpaired) electrons. The first-order valence-electron chi connectivity index (χ1n) is 9.81. The predicted octanol–water partition coefficient (Wildman–Crippen LogP) is 4.71. The minimum absolute atomic E-state index is 0.107. The maximum atomic E-state index is 13.1. The van der Waals surface area contributed by atoms with Crippen LogP contribution in [0, 0.1) is 0 Å². The zero-order valence-electron chi connectivity index (χ0n) is 15.6. The van der Waals surface area contributed by atoms with Gasteiger partial charge in [0.1, 0.15) is 5.01 Å². The highest BCUT2D eigenvalue weighted by Crippen LogP contribution is 2.36. The number of piperidine rings is 1. The van der Waals surface area contributed by atoms with Crippen molar-refractivity contribution in [3.63, 3.8) is 0 Å². The Hall–Kier alpha value is -2.60. The van der Waals surface area contributed by atoms with E-state index in [1.54, 1.807) is 11.3 Å². The largest absolute Gasteiger partial charge is 0.454 e. The topological polar surface area (TPSA) is 51.7 Å². The van der Waals surface area contributed by atoms with Gasteiger partial charge in [-0.15, -0.1) is 11.3 Å². The molecule has 0 spiro atoms. The Morgan fingerprint density at radius 3 is 2.96 bits per heavy atom. The maximum Gasteiger partial charge on any atom is 0.231 e. The zero-order chi connectivity index (χ0) is 18.9. The lowest BCUT2D eigenvalue weighted by molar-refractivity contribution is -0.135. The summed E-state index contributed by atoms with van der Waals surface area (Å²) in [4.78, 5) is 19.9. The molecule has 3 heterocycles. The fourth-order valence-corrected chi connectivity index (χ4v) is 5.13.